The van der Waals surface area contributed by atoms with E-state index >= 15 is 0 Å². The molecule has 4 rings (SSSR count). The molecule has 0 unspecified atom stereocenters. The van der Waals surface area contributed by atoms with E-state index < -0.39 is 0 Å². The SMILES string of the molecule is Cc1nn(CCCCN2CCC(Cc3cc(OC(C)C)ccc3Br)CC2)c(=O)n1Cc1ccccc1. The molecule has 2 heterocycles. The van der Waals surface area contributed by atoms with E-state index in [1.54, 1.807) is 9.25 Å². The van der Waals surface area contributed by atoms with Gasteiger partial charge in [-0.15, -0.1) is 0 Å². The molecule has 36 heavy (non-hydrogen) atoms. The molecule has 0 N–H and O–H groups in total. The fourth-order valence-electron chi connectivity index (χ4n) is 5.02. The average molecular weight is 556 g/mol. The molecule has 0 aliphatic carbocycles. The van der Waals surface area contributed by atoms with Crippen molar-refractivity contribution in [2.75, 3.05) is 19.6 Å². The number of likely N-dealkylation sites (tertiary alicyclic amines) is 1. The van der Waals surface area contributed by atoms with Gasteiger partial charge in [0.1, 0.15) is 11.6 Å². The molecule has 0 bridgehead atoms. The van der Waals surface area contributed by atoms with Gasteiger partial charge in [0.25, 0.3) is 0 Å². The minimum absolute atomic E-state index is 0.00816. The summed E-state index contributed by atoms with van der Waals surface area (Å²) in [5.74, 6) is 2.45. The van der Waals surface area contributed by atoms with Gasteiger partial charge in [0.15, 0.2) is 0 Å². The lowest BCUT2D eigenvalue weighted by molar-refractivity contribution is 0.180. The van der Waals surface area contributed by atoms with E-state index in [-0.39, 0.29) is 11.8 Å². The largest absolute Gasteiger partial charge is 0.491 e. The third-order valence-corrected chi connectivity index (χ3v) is 7.76. The zero-order valence-electron chi connectivity index (χ0n) is 21.8. The second-order valence-corrected chi connectivity index (χ2v) is 11.1. The van der Waals surface area contributed by atoms with Crippen LogP contribution in [-0.2, 0) is 19.5 Å². The Morgan fingerprint density at radius 2 is 1.78 bits per heavy atom. The summed E-state index contributed by atoms with van der Waals surface area (Å²) in [7, 11) is 0. The number of ether oxygens (including phenoxy) is 1. The minimum atomic E-state index is -0.00816. The maximum Gasteiger partial charge on any atom is 0.346 e. The first kappa shape index (κ1) is 26.7. The van der Waals surface area contributed by atoms with Gasteiger partial charge in [-0.3, -0.25) is 4.57 Å². The van der Waals surface area contributed by atoms with Crippen LogP contribution in [-0.4, -0.2) is 45.0 Å². The number of rotatable bonds is 11. The van der Waals surface area contributed by atoms with Gasteiger partial charge in [-0.25, -0.2) is 9.48 Å². The predicted octanol–water partition coefficient (Wildman–Crippen LogP) is 5.69. The number of hydrogen-bond donors (Lipinski definition) is 0. The van der Waals surface area contributed by atoms with Crippen LogP contribution in [0.4, 0.5) is 0 Å². The molecule has 2 aromatic carbocycles. The Kier molecular flexibility index (Phi) is 9.43. The van der Waals surface area contributed by atoms with E-state index in [1.165, 1.54) is 22.9 Å². The van der Waals surface area contributed by atoms with Crippen molar-refractivity contribution in [1.82, 2.24) is 19.2 Å². The lowest BCUT2D eigenvalue weighted by Crippen LogP contribution is -2.35. The van der Waals surface area contributed by atoms with E-state index in [1.807, 2.05) is 43.3 Å². The highest BCUT2D eigenvalue weighted by molar-refractivity contribution is 9.10. The van der Waals surface area contributed by atoms with Crippen LogP contribution in [0.2, 0.25) is 0 Å². The van der Waals surface area contributed by atoms with E-state index in [4.69, 9.17) is 4.74 Å². The third-order valence-electron chi connectivity index (χ3n) is 6.99. The Labute approximate surface area is 223 Å². The van der Waals surface area contributed by atoms with Gasteiger partial charge >= 0.3 is 5.69 Å². The zero-order valence-corrected chi connectivity index (χ0v) is 23.4. The predicted molar refractivity (Wildman–Crippen MR) is 149 cm³/mol. The quantitative estimate of drug-likeness (QED) is 0.286. The summed E-state index contributed by atoms with van der Waals surface area (Å²) in [5, 5.41) is 4.51. The zero-order chi connectivity index (χ0) is 25.5. The smallest absolute Gasteiger partial charge is 0.346 e. The van der Waals surface area contributed by atoms with Crippen LogP contribution in [0.3, 0.4) is 0 Å². The van der Waals surface area contributed by atoms with E-state index in [2.05, 4.69) is 51.9 Å². The summed E-state index contributed by atoms with van der Waals surface area (Å²) in [6, 6.07) is 16.4. The summed E-state index contributed by atoms with van der Waals surface area (Å²) in [4.78, 5) is 15.4. The Morgan fingerprint density at radius 3 is 2.50 bits per heavy atom. The maximum atomic E-state index is 12.8. The number of nitrogens with zero attached hydrogens (tertiary/aromatic N) is 4. The molecule has 1 saturated heterocycles. The van der Waals surface area contributed by atoms with Gasteiger partial charge in [0.05, 0.1) is 12.6 Å². The van der Waals surface area contributed by atoms with Crippen LogP contribution >= 0.6 is 15.9 Å². The van der Waals surface area contributed by atoms with E-state index in [9.17, 15) is 4.79 Å². The van der Waals surface area contributed by atoms with Gasteiger partial charge in [-0.05, 0) is 108 Å². The molecule has 1 aliphatic rings. The molecule has 0 spiro atoms. The van der Waals surface area contributed by atoms with E-state index in [0.29, 0.717) is 19.0 Å². The van der Waals surface area contributed by atoms with E-state index in [0.717, 1.165) is 56.0 Å². The first-order chi connectivity index (χ1) is 17.4. The Hall–Kier alpha value is -2.38. The Bertz CT molecular complexity index is 1160. The molecular weight excluding hydrogens is 516 g/mol. The maximum absolute atomic E-state index is 12.8. The number of halogens is 1. The van der Waals surface area contributed by atoms with Crippen molar-refractivity contribution in [1.29, 1.82) is 0 Å². The molecular formula is C29H39BrN4O2. The Balaban J connectivity index is 1.19. The summed E-state index contributed by atoms with van der Waals surface area (Å²) in [6.07, 6.45) is 5.79. The number of aromatic nitrogens is 3. The fourth-order valence-corrected chi connectivity index (χ4v) is 5.43. The summed E-state index contributed by atoms with van der Waals surface area (Å²) in [6.45, 7) is 10.7. The highest BCUT2D eigenvalue weighted by Crippen LogP contribution is 2.29. The van der Waals surface area contributed by atoms with Crippen LogP contribution in [0.5, 0.6) is 5.75 Å². The van der Waals surface area contributed by atoms with Gasteiger partial charge in [0, 0.05) is 11.0 Å². The third kappa shape index (κ3) is 7.32. The fraction of sp³-hybridized carbons (Fsp3) is 0.517. The molecule has 3 aromatic rings. The van der Waals surface area contributed by atoms with Gasteiger partial charge < -0.3 is 9.64 Å². The lowest BCUT2D eigenvalue weighted by Gasteiger charge is -2.32. The molecule has 1 fully saturated rings. The molecule has 1 aliphatic heterocycles. The number of aryl methyl sites for hydroxylation is 2. The van der Waals surface area contributed by atoms with Crippen LogP contribution in [0.25, 0.3) is 0 Å². The number of hydrogen-bond acceptors (Lipinski definition) is 4. The molecule has 194 valence electrons. The van der Waals surface area contributed by atoms with Crippen molar-refractivity contribution < 1.29 is 4.74 Å². The Morgan fingerprint density at radius 1 is 1.06 bits per heavy atom. The van der Waals surface area contributed by atoms with Crippen LogP contribution in [0, 0.1) is 12.8 Å². The highest BCUT2D eigenvalue weighted by atomic mass is 79.9. The summed E-state index contributed by atoms with van der Waals surface area (Å²) < 4.78 is 10.5. The van der Waals surface area contributed by atoms with Crippen LogP contribution in [0.15, 0.2) is 57.8 Å². The topological polar surface area (TPSA) is 52.3 Å². The first-order valence-electron chi connectivity index (χ1n) is 13.2. The number of unbranched alkanes of at least 4 members (excludes halogenated alkanes) is 1. The average Bonchev–Trinajstić information content (AvgIpc) is 3.12. The van der Waals surface area contributed by atoms with Crippen molar-refractivity contribution in [3.05, 3.63) is 80.4 Å². The van der Waals surface area contributed by atoms with Crippen molar-refractivity contribution in [2.45, 2.75) is 72.1 Å². The molecule has 1 aromatic heterocycles. The number of piperidine rings is 1. The molecule has 0 radical (unpaired) electrons. The second kappa shape index (κ2) is 12.7. The molecule has 0 atom stereocenters. The van der Waals surface area contributed by atoms with Crippen molar-refractivity contribution in [3.63, 3.8) is 0 Å². The number of benzene rings is 2. The molecule has 7 heteroatoms. The lowest BCUT2D eigenvalue weighted by atomic mass is 9.90. The monoisotopic (exact) mass is 554 g/mol. The van der Waals surface area contributed by atoms with Crippen molar-refractivity contribution in [2.24, 2.45) is 5.92 Å². The summed E-state index contributed by atoms with van der Waals surface area (Å²) >= 11 is 3.73. The van der Waals surface area contributed by atoms with Crippen LogP contribution < -0.4 is 10.4 Å². The highest BCUT2D eigenvalue weighted by Gasteiger charge is 2.20. The van der Waals surface area contributed by atoms with Crippen molar-refractivity contribution in [3.8, 4) is 5.75 Å². The van der Waals surface area contributed by atoms with Gasteiger partial charge in [-0.1, -0.05) is 46.3 Å². The van der Waals surface area contributed by atoms with Gasteiger partial charge in [-0.2, -0.15) is 5.10 Å². The minimum Gasteiger partial charge on any atom is -0.491 e. The normalized spacial score (nSPS) is 15.0. The second-order valence-electron chi connectivity index (χ2n) is 10.2. The van der Waals surface area contributed by atoms with Crippen LogP contribution in [0.1, 0.15) is 56.5 Å². The molecule has 0 amide bonds. The summed E-state index contributed by atoms with van der Waals surface area (Å²) in [5.41, 5.74) is 2.46. The first-order valence-corrected chi connectivity index (χ1v) is 14.0. The van der Waals surface area contributed by atoms with Crippen molar-refractivity contribution >= 4 is 15.9 Å². The standard InChI is InChI=1S/C29H39BrN4O2/c1-22(2)36-27-11-12-28(30)26(20-27)19-24-13-17-32(18-14-24)15-7-8-16-34-29(35)33(23(3)31-34)21-25-9-5-4-6-10-25/h4-6,9-12,20,22,24H,7-8,13-19,21H2,1-3H3. The molecule has 6 nitrogen and oxygen atoms in total. The van der Waals surface area contributed by atoms with Gasteiger partial charge in [0.2, 0.25) is 0 Å². The molecule has 0 saturated carbocycles.